The molecule has 0 spiro atoms. The number of nitrogens with two attached hydrogens (primary N) is 1. The van der Waals surface area contributed by atoms with Crippen LogP contribution < -0.4 is 15.5 Å². The SMILES string of the molecule is COC(=O)/C=C/c1ccc(C#Cc2ccc(N3CCN(C)CC3)cc2)cn1.Nc1nc(/C=C/c2ccc(C#Cc3ccc(N4CCOCC4)cc3)cn2)cs1. The number of aromatic nitrogens is 3. The lowest BCUT2D eigenvalue weighted by molar-refractivity contribution is -0.134. The van der Waals surface area contributed by atoms with Crippen molar-refractivity contribution in [3.8, 4) is 23.7 Å². The van der Waals surface area contributed by atoms with Gasteiger partial charge in [-0.1, -0.05) is 23.7 Å². The Balaban J connectivity index is 0.000000187. The number of pyridine rings is 2. The van der Waals surface area contributed by atoms with E-state index in [2.05, 4.69) is 114 Å². The molecule has 7 rings (SSSR count). The summed E-state index contributed by atoms with van der Waals surface area (Å²) in [6.45, 7) is 7.77. The maximum Gasteiger partial charge on any atom is 0.330 e. The molecule has 5 aromatic rings. The number of morpholine rings is 1. The molecule has 0 bridgehead atoms. The molecule has 3 aromatic heterocycles. The van der Waals surface area contributed by atoms with Crippen LogP contribution in [0, 0.1) is 23.7 Å². The van der Waals surface area contributed by atoms with E-state index in [9.17, 15) is 4.79 Å². The molecule has 2 saturated heterocycles. The van der Waals surface area contributed by atoms with Gasteiger partial charge in [0.25, 0.3) is 0 Å². The number of anilines is 3. The van der Waals surface area contributed by atoms with Crippen molar-refractivity contribution in [2.75, 3.05) is 82.2 Å². The average molecular weight is 750 g/mol. The summed E-state index contributed by atoms with van der Waals surface area (Å²) in [7, 11) is 3.50. The van der Waals surface area contributed by atoms with Gasteiger partial charge in [-0.25, -0.2) is 9.78 Å². The Morgan fingerprint density at radius 3 is 1.67 bits per heavy atom. The summed E-state index contributed by atoms with van der Waals surface area (Å²) < 4.78 is 9.95. The number of hydrogen-bond donors (Lipinski definition) is 1. The smallest absolute Gasteiger partial charge is 0.330 e. The molecule has 2 fully saturated rings. The number of carbonyl (C=O) groups excluding carboxylic acids is 1. The third-order valence-corrected chi connectivity index (χ3v) is 9.50. The first-order valence-electron chi connectivity index (χ1n) is 18.0. The van der Waals surface area contributed by atoms with Crippen LogP contribution in [0.1, 0.15) is 39.3 Å². The van der Waals surface area contributed by atoms with Crippen LogP contribution in [0.25, 0.3) is 18.2 Å². The summed E-state index contributed by atoms with van der Waals surface area (Å²) in [5.41, 5.74) is 14.1. The summed E-state index contributed by atoms with van der Waals surface area (Å²) in [6, 6.07) is 24.3. The van der Waals surface area contributed by atoms with Crippen molar-refractivity contribution in [2.24, 2.45) is 0 Å². The van der Waals surface area contributed by atoms with Crippen LogP contribution in [-0.2, 0) is 14.3 Å². The zero-order valence-electron chi connectivity index (χ0n) is 31.0. The fourth-order valence-corrected chi connectivity index (χ4v) is 6.14. The van der Waals surface area contributed by atoms with E-state index in [4.69, 9.17) is 10.5 Å². The molecule has 2 aromatic carbocycles. The summed E-state index contributed by atoms with van der Waals surface area (Å²) in [4.78, 5) is 31.1. The van der Waals surface area contributed by atoms with Crippen LogP contribution >= 0.6 is 11.3 Å². The number of piperazine rings is 1. The largest absolute Gasteiger partial charge is 0.466 e. The van der Waals surface area contributed by atoms with E-state index < -0.39 is 5.97 Å². The number of nitrogens with zero attached hydrogens (tertiary/aromatic N) is 6. The highest BCUT2D eigenvalue weighted by molar-refractivity contribution is 7.13. The quantitative estimate of drug-likeness (QED) is 0.127. The lowest BCUT2D eigenvalue weighted by Crippen LogP contribution is -2.44. The van der Waals surface area contributed by atoms with Crippen molar-refractivity contribution in [1.29, 1.82) is 0 Å². The minimum Gasteiger partial charge on any atom is -0.466 e. The second kappa shape index (κ2) is 19.7. The number of carbonyl (C=O) groups is 1. The zero-order valence-corrected chi connectivity index (χ0v) is 31.8. The number of likely N-dealkylation sites (N-methyl/N-ethyl adjacent to an activating group) is 1. The number of thiazole rings is 1. The predicted octanol–water partition coefficient (Wildman–Crippen LogP) is 5.95. The number of nitrogen functional groups attached to an aromatic ring is 1. The van der Waals surface area contributed by atoms with Gasteiger partial charge in [0.05, 0.1) is 37.4 Å². The van der Waals surface area contributed by atoms with E-state index in [1.807, 2.05) is 41.8 Å². The highest BCUT2D eigenvalue weighted by Gasteiger charge is 2.14. The van der Waals surface area contributed by atoms with Gasteiger partial charge in [-0.3, -0.25) is 9.97 Å². The van der Waals surface area contributed by atoms with Gasteiger partial charge in [-0.15, -0.1) is 11.3 Å². The van der Waals surface area contributed by atoms with E-state index in [-0.39, 0.29) is 0 Å². The van der Waals surface area contributed by atoms with Gasteiger partial charge < -0.3 is 29.9 Å². The topological polar surface area (TPSA) is 110 Å². The predicted molar refractivity (Wildman–Crippen MR) is 223 cm³/mol. The van der Waals surface area contributed by atoms with Crippen LogP contribution in [0.2, 0.25) is 0 Å². The minimum absolute atomic E-state index is 0.402. The van der Waals surface area contributed by atoms with Crippen LogP contribution in [0.15, 0.2) is 96.6 Å². The van der Waals surface area contributed by atoms with Crippen molar-refractivity contribution in [1.82, 2.24) is 19.9 Å². The highest BCUT2D eigenvalue weighted by Crippen LogP contribution is 2.18. The van der Waals surface area contributed by atoms with Gasteiger partial charge in [-0.2, -0.15) is 0 Å². The second-order valence-electron chi connectivity index (χ2n) is 12.7. The highest BCUT2D eigenvalue weighted by atomic mass is 32.1. The van der Waals surface area contributed by atoms with Gasteiger partial charge in [-0.05, 0) is 98.1 Å². The second-order valence-corrected chi connectivity index (χ2v) is 13.6. The molecule has 10 nitrogen and oxygen atoms in total. The molecule has 278 valence electrons. The lowest BCUT2D eigenvalue weighted by atomic mass is 10.1. The molecule has 2 N–H and O–H groups in total. The van der Waals surface area contributed by atoms with Crippen molar-refractivity contribution in [3.05, 3.63) is 136 Å². The molecule has 0 amide bonds. The first kappa shape index (κ1) is 38.5. The summed E-state index contributed by atoms with van der Waals surface area (Å²) >= 11 is 1.42. The molecule has 5 heterocycles. The van der Waals surface area contributed by atoms with Gasteiger partial charge >= 0.3 is 5.97 Å². The molecule has 2 aliphatic heterocycles. The van der Waals surface area contributed by atoms with E-state index >= 15 is 0 Å². The van der Waals surface area contributed by atoms with Gasteiger partial charge in [0.1, 0.15) is 0 Å². The fourth-order valence-electron chi connectivity index (χ4n) is 5.61. The third kappa shape index (κ3) is 12.1. The van der Waals surface area contributed by atoms with E-state index in [1.165, 1.54) is 35.9 Å². The van der Waals surface area contributed by atoms with Crippen molar-refractivity contribution in [2.45, 2.75) is 0 Å². The number of methoxy groups -OCH3 is 1. The van der Waals surface area contributed by atoms with Crippen molar-refractivity contribution >= 4 is 52.0 Å². The maximum absolute atomic E-state index is 11.1. The molecule has 0 radical (unpaired) electrons. The number of benzene rings is 2. The van der Waals surface area contributed by atoms with Crippen LogP contribution in [0.5, 0.6) is 0 Å². The minimum atomic E-state index is -0.402. The molecule has 0 saturated carbocycles. The van der Waals surface area contributed by atoms with E-state index in [0.29, 0.717) is 10.8 Å². The molecule has 2 aliphatic rings. The molecule has 0 aliphatic carbocycles. The van der Waals surface area contributed by atoms with E-state index in [0.717, 1.165) is 86.1 Å². The molecule has 0 unspecified atom stereocenters. The van der Waals surface area contributed by atoms with Crippen LogP contribution in [-0.4, -0.2) is 92.5 Å². The monoisotopic (exact) mass is 749 g/mol. The Labute approximate surface area is 327 Å². The third-order valence-electron chi connectivity index (χ3n) is 8.81. The Morgan fingerprint density at radius 1 is 0.691 bits per heavy atom. The number of esters is 1. The van der Waals surface area contributed by atoms with Crippen molar-refractivity contribution < 1.29 is 14.3 Å². The average Bonchev–Trinajstić information content (AvgIpc) is 3.67. The van der Waals surface area contributed by atoms with Crippen LogP contribution in [0.4, 0.5) is 16.5 Å². The normalized spacial score (nSPS) is 14.4. The first-order valence-corrected chi connectivity index (χ1v) is 18.9. The number of hydrogen-bond acceptors (Lipinski definition) is 11. The maximum atomic E-state index is 11.1. The Bertz CT molecular complexity index is 2180. The summed E-state index contributed by atoms with van der Waals surface area (Å²) in [5, 5.41) is 2.48. The molecule has 55 heavy (non-hydrogen) atoms. The molecular formula is C44H43N7O3S. The molecule has 11 heteroatoms. The number of ether oxygens (including phenoxy) is 2. The van der Waals surface area contributed by atoms with E-state index in [1.54, 1.807) is 18.5 Å². The Morgan fingerprint density at radius 2 is 1.18 bits per heavy atom. The fraction of sp³-hybridized carbons (Fsp3) is 0.227. The van der Waals surface area contributed by atoms with Gasteiger partial charge in [0.2, 0.25) is 0 Å². The summed E-state index contributed by atoms with van der Waals surface area (Å²) in [6.07, 6.45) is 10.2. The molecular weight excluding hydrogens is 707 g/mol. The number of rotatable bonds is 6. The van der Waals surface area contributed by atoms with Gasteiger partial charge in [0.15, 0.2) is 5.13 Å². The van der Waals surface area contributed by atoms with Crippen LogP contribution in [0.3, 0.4) is 0 Å². The summed E-state index contributed by atoms with van der Waals surface area (Å²) in [5.74, 6) is 12.3. The molecule has 0 atom stereocenters. The Hall–Kier alpha value is -6.24. The van der Waals surface area contributed by atoms with Crippen molar-refractivity contribution in [3.63, 3.8) is 0 Å². The zero-order chi connectivity index (χ0) is 38.2. The van der Waals surface area contributed by atoms with Gasteiger partial charge in [0, 0.05) is 96.7 Å². The Kier molecular flexibility index (Phi) is 13.8. The lowest BCUT2D eigenvalue weighted by Gasteiger charge is -2.34. The standard InChI is InChI=1S/C22H20N4OS.C22H23N3O2/c23-22-25-20(16-28-22)8-7-19-6-3-18(15-24-19)2-1-17-4-9-21(10-5-17)26-11-13-27-14-12-26;1-24-13-15-25(16-14-24)21-10-6-18(7-11-21)3-4-19-5-8-20(23-17-19)9-12-22(26)27-2/h3-10,15-16H,11-14H2,(H2,23,25);5-12,17H,13-16H2,1-2H3/b8-7+;12-9+. The first-order chi connectivity index (χ1) is 26.9.